The lowest BCUT2D eigenvalue weighted by Crippen LogP contribution is -2.18. The van der Waals surface area contributed by atoms with Crippen LogP contribution in [0, 0.1) is 17.0 Å². The van der Waals surface area contributed by atoms with Crippen LogP contribution in [0.2, 0.25) is 0 Å². The van der Waals surface area contributed by atoms with Crippen LogP contribution in [-0.2, 0) is 0 Å². The summed E-state index contributed by atoms with van der Waals surface area (Å²) >= 11 is 0. The molecule has 0 aliphatic carbocycles. The number of ether oxygens (including phenoxy) is 1. The lowest BCUT2D eigenvalue weighted by molar-refractivity contribution is -0.384. The number of amides is 1. The van der Waals surface area contributed by atoms with Gasteiger partial charge in [-0.15, -0.1) is 0 Å². The predicted octanol–water partition coefficient (Wildman–Crippen LogP) is 3.62. The van der Waals surface area contributed by atoms with Gasteiger partial charge in [-0.2, -0.15) is 0 Å². The van der Waals surface area contributed by atoms with Gasteiger partial charge in [-0.05, 0) is 24.6 Å². The van der Waals surface area contributed by atoms with Gasteiger partial charge in [0.25, 0.3) is 5.69 Å². The number of hydrogen-bond acceptors (Lipinski definition) is 6. The Kier molecular flexibility index (Phi) is 4.17. The number of nitrogens with one attached hydrogen (secondary N) is 1. The molecule has 25 heavy (non-hydrogen) atoms. The van der Waals surface area contributed by atoms with E-state index in [0.717, 1.165) is 6.07 Å². The summed E-state index contributed by atoms with van der Waals surface area (Å²) in [5.41, 5.74) is 0.329. The highest BCUT2D eigenvalue weighted by Gasteiger charge is 2.14. The molecular formula is C17H12N2O6. The molecule has 1 heterocycles. The van der Waals surface area contributed by atoms with Gasteiger partial charge in [-0.1, -0.05) is 18.2 Å². The number of nitrogens with zero attached hydrogens (tertiary/aromatic N) is 1. The molecule has 3 aromatic rings. The molecule has 0 saturated carbocycles. The molecule has 126 valence electrons. The number of nitro benzene ring substituents is 1. The van der Waals surface area contributed by atoms with Gasteiger partial charge in [-0.3, -0.25) is 15.4 Å². The van der Waals surface area contributed by atoms with Gasteiger partial charge in [-0.25, -0.2) is 9.59 Å². The molecule has 2 aromatic carbocycles. The van der Waals surface area contributed by atoms with Crippen LogP contribution in [0.3, 0.4) is 0 Å². The lowest BCUT2D eigenvalue weighted by Gasteiger charge is -2.10. The quantitative estimate of drug-likeness (QED) is 0.443. The van der Waals surface area contributed by atoms with Crippen LogP contribution in [0.25, 0.3) is 11.0 Å². The minimum atomic E-state index is -0.876. The van der Waals surface area contributed by atoms with Crippen LogP contribution < -0.4 is 15.7 Å². The first-order chi connectivity index (χ1) is 11.9. The number of para-hydroxylation sites is 1. The summed E-state index contributed by atoms with van der Waals surface area (Å²) in [7, 11) is 0. The summed E-state index contributed by atoms with van der Waals surface area (Å²) in [6.07, 6.45) is -0.876. The average Bonchev–Trinajstić information content (AvgIpc) is 2.56. The number of carbonyl (C=O) groups is 1. The van der Waals surface area contributed by atoms with Gasteiger partial charge in [0.2, 0.25) is 0 Å². The van der Waals surface area contributed by atoms with Crippen LogP contribution in [-0.4, -0.2) is 11.0 Å². The molecule has 1 amide bonds. The number of aryl methyl sites for hydroxylation is 1. The summed E-state index contributed by atoms with van der Waals surface area (Å²) in [6, 6.07) is 11.7. The van der Waals surface area contributed by atoms with Gasteiger partial charge in [0.1, 0.15) is 5.58 Å². The molecule has 1 aromatic heterocycles. The van der Waals surface area contributed by atoms with Crippen molar-refractivity contribution in [3.8, 4) is 5.75 Å². The van der Waals surface area contributed by atoms with E-state index in [-0.39, 0.29) is 22.7 Å². The summed E-state index contributed by atoms with van der Waals surface area (Å²) < 4.78 is 10.2. The molecule has 0 aliphatic rings. The fraction of sp³-hybridized carbons (Fsp3) is 0.0588. The molecule has 0 fully saturated rings. The Balaban J connectivity index is 1.88. The van der Waals surface area contributed by atoms with Crippen LogP contribution in [0.1, 0.15) is 5.56 Å². The monoisotopic (exact) mass is 340 g/mol. The molecule has 0 bridgehead atoms. The van der Waals surface area contributed by atoms with Crippen molar-refractivity contribution in [3.05, 3.63) is 74.6 Å². The molecule has 0 aliphatic heterocycles. The van der Waals surface area contributed by atoms with Gasteiger partial charge in [0.05, 0.1) is 22.1 Å². The predicted molar refractivity (Wildman–Crippen MR) is 90.0 cm³/mol. The fourth-order valence-corrected chi connectivity index (χ4v) is 2.26. The molecule has 0 unspecified atom stereocenters. The molecule has 0 spiro atoms. The van der Waals surface area contributed by atoms with E-state index in [1.807, 2.05) is 0 Å². The Morgan fingerprint density at radius 3 is 2.72 bits per heavy atom. The Hall–Kier alpha value is -3.68. The molecule has 0 radical (unpaired) electrons. The number of rotatable bonds is 3. The normalized spacial score (nSPS) is 10.4. The number of benzene rings is 2. The second kappa shape index (κ2) is 6.44. The first kappa shape index (κ1) is 16.2. The van der Waals surface area contributed by atoms with Crippen molar-refractivity contribution in [3.63, 3.8) is 0 Å². The maximum Gasteiger partial charge on any atom is 0.417 e. The minimum absolute atomic E-state index is 0.0347. The van der Waals surface area contributed by atoms with Gasteiger partial charge in [0.15, 0.2) is 5.75 Å². The van der Waals surface area contributed by atoms with Crippen LogP contribution in [0.15, 0.2) is 57.7 Å². The molecule has 0 saturated heterocycles. The second-order valence-electron chi connectivity index (χ2n) is 5.20. The molecule has 3 rings (SSSR count). The molecular weight excluding hydrogens is 328 g/mol. The summed E-state index contributed by atoms with van der Waals surface area (Å²) in [5.74, 6) is 0.0347. The zero-order valence-electron chi connectivity index (χ0n) is 13.0. The molecule has 8 nitrogen and oxygen atoms in total. The lowest BCUT2D eigenvalue weighted by atomic mass is 10.2. The number of carbonyl (C=O) groups excluding carboxylic acids is 1. The van der Waals surface area contributed by atoms with Crippen molar-refractivity contribution in [1.82, 2.24) is 0 Å². The van der Waals surface area contributed by atoms with E-state index in [1.165, 1.54) is 18.2 Å². The molecule has 1 N–H and O–H groups in total. The Morgan fingerprint density at radius 2 is 1.96 bits per heavy atom. The largest absolute Gasteiger partial charge is 0.422 e. The van der Waals surface area contributed by atoms with Gasteiger partial charge in [0, 0.05) is 12.1 Å². The SMILES string of the molecule is Cc1ccc([N+](=O)[O-])cc1NC(=O)Oc1cc(=O)oc2ccccc12. The van der Waals surface area contributed by atoms with Crippen LogP contribution in [0.4, 0.5) is 16.2 Å². The van der Waals surface area contributed by atoms with Gasteiger partial charge >= 0.3 is 11.7 Å². The Morgan fingerprint density at radius 1 is 1.20 bits per heavy atom. The highest BCUT2D eigenvalue weighted by molar-refractivity contribution is 5.91. The van der Waals surface area contributed by atoms with Crippen molar-refractivity contribution in [1.29, 1.82) is 0 Å². The third-order valence-electron chi connectivity index (χ3n) is 3.48. The summed E-state index contributed by atoms with van der Waals surface area (Å²) in [6.45, 7) is 1.69. The first-order valence-corrected chi connectivity index (χ1v) is 7.21. The standard InChI is InChI=1S/C17H12N2O6/c1-10-6-7-11(19(22)23)8-13(10)18-17(21)25-15-9-16(20)24-14-5-3-2-4-12(14)15/h2-9H,1H3,(H,18,21). The maximum atomic E-state index is 12.1. The second-order valence-corrected chi connectivity index (χ2v) is 5.20. The van der Waals surface area contributed by atoms with Crippen LogP contribution >= 0.6 is 0 Å². The van der Waals surface area contributed by atoms with Crippen molar-refractivity contribution < 1.29 is 18.9 Å². The highest BCUT2D eigenvalue weighted by Crippen LogP contribution is 2.25. The Labute approximate surface area is 140 Å². The van der Waals surface area contributed by atoms with E-state index in [0.29, 0.717) is 10.9 Å². The number of anilines is 1. The van der Waals surface area contributed by atoms with Crippen molar-refractivity contribution in [2.24, 2.45) is 0 Å². The average molecular weight is 340 g/mol. The first-order valence-electron chi connectivity index (χ1n) is 7.21. The third-order valence-corrected chi connectivity index (χ3v) is 3.48. The smallest absolute Gasteiger partial charge is 0.417 e. The Bertz CT molecular complexity index is 1040. The summed E-state index contributed by atoms with van der Waals surface area (Å²) in [4.78, 5) is 34.0. The minimum Gasteiger partial charge on any atom is -0.422 e. The number of non-ortho nitro benzene ring substituents is 1. The highest BCUT2D eigenvalue weighted by atomic mass is 16.6. The molecule has 8 heteroatoms. The number of nitro groups is 1. The van der Waals surface area contributed by atoms with Crippen molar-refractivity contribution >= 4 is 28.4 Å². The van der Waals surface area contributed by atoms with Crippen LogP contribution in [0.5, 0.6) is 5.75 Å². The topological polar surface area (TPSA) is 112 Å². The fourth-order valence-electron chi connectivity index (χ4n) is 2.26. The van der Waals surface area contributed by atoms with E-state index >= 15 is 0 Å². The third kappa shape index (κ3) is 3.47. The van der Waals surface area contributed by atoms with Gasteiger partial charge < -0.3 is 9.15 Å². The van der Waals surface area contributed by atoms with E-state index in [9.17, 15) is 19.7 Å². The molecule has 0 atom stereocenters. The van der Waals surface area contributed by atoms with E-state index in [1.54, 1.807) is 31.2 Å². The van der Waals surface area contributed by atoms with E-state index in [2.05, 4.69) is 5.32 Å². The number of fused-ring (bicyclic) bond motifs is 1. The zero-order valence-corrected chi connectivity index (χ0v) is 13.0. The van der Waals surface area contributed by atoms with Crippen molar-refractivity contribution in [2.75, 3.05) is 5.32 Å². The van der Waals surface area contributed by atoms with Crippen molar-refractivity contribution in [2.45, 2.75) is 6.92 Å². The number of hydrogen-bond donors (Lipinski definition) is 1. The zero-order chi connectivity index (χ0) is 18.0. The maximum absolute atomic E-state index is 12.1. The van der Waals surface area contributed by atoms with E-state index in [4.69, 9.17) is 9.15 Å². The summed E-state index contributed by atoms with van der Waals surface area (Å²) in [5, 5.41) is 13.7. The van der Waals surface area contributed by atoms with E-state index < -0.39 is 16.6 Å².